The van der Waals surface area contributed by atoms with Gasteiger partial charge in [0.1, 0.15) is 12.1 Å². The molecule has 1 heterocycles. The Morgan fingerprint density at radius 3 is 2.11 bits per heavy atom. The Balaban J connectivity index is 1.60. The zero-order valence-corrected chi connectivity index (χ0v) is 20.2. The number of aliphatic carboxylic acids is 1. The molecular formula is C25H29N5O6. The molecule has 4 N–H and O–H groups in total. The fraction of sp³-hybridized carbons (Fsp3) is 0.320. The van der Waals surface area contributed by atoms with Crippen molar-refractivity contribution in [2.45, 2.75) is 51.9 Å². The predicted molar refractivity (Wildman–Crippen MR) is 132 cm³/mol. The molecule has 0 spiro atoms. The van der Waals surface area contributed by atoms with Crippen LogP contribution in [-0.2, 0) is 20.9 Å². The van der Waals surface area contributed by atoms with Crippen LogP contribution in [0.5, 0.6) is 0 Å². The number of carbonyl (C=O) groups excluding carboxylic acids is 4. The van der Waals surface area contributed by atoms with Crippen LogP contribution in [0.4, 0.5) is 21.0 Å². The van der Waals surface area contributed by atoms with E-state index in [1.54, 1.807) is 43.3 Å². The van der Waals surface area contributed by atoms with Crippen molar-refractivity contribution in [3.05, 3.63) is 60.2 Å². The molecule has 0 saturated carbocycles. The molecule has 11 heteroatoms. The Labute approximate surface area is 208 Å². The van der Waals surface area contributed by atoms with E-state index in [0.29, 0.717) is 11.4 Å². The first-order valence-electron chi connectivity index (χ1n) is 11.4. The maximum atomic E-state index is 13.0. The van der Waals surface area contributed by atoms with Crippen molar-refractivity contribution in [3.8, 4) is 0 Å². The number of nitrogens with one attached hydrogen (secondary N) is 3. The maximum absolute atomic E-state index is 13.0. The average Bonchev–Trinajstić information content (AvgIpc) is 3.02. The summed E-state index contributed by atoms with van der Waals surface area (Å²) in [6.45, 7) is 4.67. The first-order chi connectivity index (χ1) is 17.1. The van der Waals surface area contributed by atoms with Crippen molar-refractivity contribution in [2.24, 2.45) is 0 Å². The van der Waals surface area contributed by atoms with Crippen LogP contribution in [0.2, 0.25) is 0 Å². The van der Waals surface area contributed by atoms with Crippen LogP contribution in [0.1, 0.15) is 32.8 Å². The van der Waals surface area contributed by atoms with Crippen molar-refractivity contribution < 1.29 is 29.1 Å². The number of benzene rings is 2. The summed E-state index contributed by atoms with van der Waals surface area (Å²) in [5, 5.41) is 16.8. The van der Waals surface area contributed by atoms with Gasteiger partial charge in [0.15, 0.2) is 0 Å². The molecule has 3 rings (SSSR count). The van der Waals surface area contributed by atoms with E-state index in [2.05, 4.69) is 16.0 Å². The van der Waals surface area contributed by atoms with Gasteiger partial charge in [-0.3, -0.25) is 14.4 Å². The average molecular weight is 496 g/mol. The molecule has 0 radical (unpaired) electrons. The fourth-order valence-corrected chi connectivity index (χ4v) is 3.79. The lowest BCUT2D eigenvalue weighted by Gasteiger charge is -2.24. The van der Waals surface area contributed by atoms with Crippen LogP contribution in [0.25, 0.3) is 0 Å². The standard InChI is InChI=1S/C25H29N5O6/c1-15(13-21(31)32)26-22(33)16(2)30-23(34)17(3)29(25(30)36)14-18-9-11-20(12-10-18)28-24(35)27-19-7-5-4-6-8-19/h4-12,15-17H,13-14H2,1-3H3,(H,26,33)(H,31,32)(H2,27,28,35)/t15-,16+,17?/m1/s1. The number of carboxylic acids is 1. The molecule has 1 saturated heterocycles. The summed E-state index contributed by atoms with van der Waals surface area (Å²) in [5.74, 6) is -2.19. The number of carbonyl (C=O) groups is 5. The monoisotopic (exact) mass is 495 g/mol. The third-order valence-corrected chi connectivity index (χ3v) is 5.75. The zero-order chi connectivity index (χ0) is 26.4. The molecule has 2 aromatic rings. The number of carboxylic acid groups (broad SMARTS) is 1. The van der Waals surface area contributed by atoms with Gasteiger partial charge in [0.05, 0.1) is 6.42 Å². The van der Waals surface area contributed by atoms with Crippen molar-refractivity contribution in [2.75, 3.05) is 10.6 Å². The van der Waals surface area contributed by atoms with E-state index in [4.69, 9.17) is 5.11 Å². The van der Waals surface area contributed by atoms with E-state index in [1.807, 2.05) is 18.2 Å². The lowest BCUT2D eigenvalue weighted by Crippen LogP contribution is -2.50. The summed E-state index contributed by atoms with van der Waals surface area (Å²) < 4.78 is 0. The van der Waals surface area contributed by atoms with Gasteiger partial charge in [-0.25, -0.2) is 14.5 Å². The highest BCUT2D eigenvalue weighted by molar-refractivity contribution is 6.07. The highest BCUT2D eigenvalue weighted by Gasteiger charge is 2.46. The predicted octanol–water partition coefficient (Wildman–Crippen LogP) is 2.85. The molecule has 11 nitrogen and oxygen atoms in total. The lowest BCUT2D eigenvalue weighted by molar-refractivity contribution is -0.139. The Morgan fingerprint density at radius 2 is 1.53 bits per heavy atom. The van der Waals surface area contributed by atoms with Crippen LogP contribution in [0, 0.1) is 0 Å². The summed E-state index contributed by atoms with van der Waals surface area (Å²) in [7, 11) is 0. The van der Waals surface area contributed by atoms with E-state index >= 15 is 0 Å². The third-order valence-electron chi connectivity index (χ3n) is 5.75. The van der Waals surface area contributed by atoms with E-state index in [-0.39, 0.29) is 13.0 Å². The Hall–Kier alpha value is -4.41. The van der Waals surface area contributed by atoms with Gasteiger partial charge in [-0.1, -0.05) is 30.3 Å². The molecule has 3 atom stereocenters. The molecule has 6 amide bonds. The highest BCUT2D eigenvalue weighted by Crippen LogP contribution is 2.23. The minimum atomic E-state index is -1.09. The summed E-state index contributed by atoms with van der Waals surface area (Å²) >= 11 is 0. The fourth-order valence-electron chi connectivity index (χ4n) is 3.79. The molecule has 1 unspecified atom stereocenters. The van der Waals surface area contributed by atoms with Gasteiger partial charge in [-0.05, 0) is 50.6 Å². The number of hydrogen-bond acceptors (Lipinski definition) is 5. The van der Waals surface area contributed by atoms with E-state index < -0.39 is 48.0 Å². The Bertz CT molecular complexity index is 1140. The third kappa shape index (κ3) is 6.38. The van der Waals surface area contributed by atoms with Crippen molar-refractivity contribution >= 4 is 41.2 Å². The number of urea groups is 2. The largest absolute Gasteiger partial charge is 0.481 e. The van der Waals surface area contributed by atoms with Gasteiger partial charge in [0.2, 0.25) is 5.91 Å². The number of nitrogens with zero attached hydrogens (tertiary/aromatic N) is 2. The normalized spacial score (nSPS) is 16.9. The van der Waals surface area contributed by atoms with Gasteiger partial charge in [-0.2, -0.15) is 0 Å². The second-order valence-electron chi connectivity index (χ2n) is 8.62. The van der Waals surface area contributed by atoms with Crippen molar-refractivity contribution in [1.82, 2.24) is 15.1 Å². The molecule has 36 heavy (non-hydrogen) atoms. The van der Waals surface area contributed by atoms with Crippen LogP contribution in [0.15, 0.2) is 54.6 Å². The van der Waals surface area contributed by atoms with Gasteiger partial charge < -0.3 is 26.0 Å². The molecule has 1 fully saturated rings. The molecule has 2 aromatic carbocycles. The van der Waals surface area contributed by atoms with Gasteiger partial charge >= 0.3 is 18.0 Å². The molecule has 1 aliphatic heterocycles. The molecule has 0 aromatic heterocycles. The van der Waals surface area contributed by atoms with Crippen molar-refractivity contribution in [1.29, 1.82) is 0 Å². The van der Waals surface area contributed by atoms with Crippen LogP contribution >= 0.6 is 0 Å². The number of para-hydroxylation sites is 1. The minimum Gasteiger partial charge on any atom is -0.481 e. The quantitative estimate of drug-likeness (QED) is 0.393. The van der Waals surface area contributed by atoms with E-state index in [1.165, 1.54) is 18.7 Å². The summed E-state index contributed by atoms with van der Waals surface area (Å²) in [6, 6.07) is 12.3. The van der Waals surface area contributed by atoms with Crippen LogP contribution < -0.4 is 16.0 Å². The number of rotatable bonds is 9. The second kappa shape index (κ2) is 11.3. The lowest BCUT2D eigenvalue weighted by atomic mass is 10.1. The van der Waals surface area contributed by atoms with E-state index in [0.717, 1.165) is 10.5 Å². The van der Waals surface area contributed by atoms with Crippen molar-refractivity contribution in [3.63, 3.8) is 0 Å². The molecule has 1 aliphatic rings. The number of amides is 6. The number of hydrogen-bond donors (Lipinski definition) is 4. The zero-order valence-electron chi connectivity index (χ0n) is 20.2. The van der Waals surface area contributed by atoms with Gasteiger partial charge in [0, 0.05) is 24.0 Å². The summed E-state index contributed by atoms with van der Waals surface area (Å²) in [5.41, 5.74) is 1.93. The molecule has 190 valence electrons. The minimum absolute atomic E-state index is 0.127. The first kappa shape index (κ1) is 26.2. The number of imide groups is 1. The van der Waals surface area contributed by atoms with Gasteiger partial charge in [0.25, 0.3) is 5.91 Å². The Morgan fingerprint density at radius 1 is 0.944 bits per heavy atom. The molecule has 0 bridgehead atoms. The first-order valence-corrected chi connectivity index (χ1v) is 11.4. The second-order valence-corrected chi connectivity index (χ2v) is 8.62. The SMILES string of the molecule is CC1C(=O)N([C@@H](C)C(=O)N[C@H](C)CC(=O)O)C(=O)N1Cc1ccc(NC(=O)Nc2ccccc2)cc1. The van der Waals surface area contributed by atoms with Gasteiger partial charge in [-0.15, -0.1) is 0 Å². The topological polar surface area (TPSA) is 148 Å². The van der Waals surface area contributed by atoms with Crippen LogP contribution in [0.3, 0.4) is 0 Å². The molecule has 0 aliphatic carbocycles. The Kier molecular flexibility index (Phi) is 8.26. The van der Waals surface area contributed by atoms with Crippen LogP contribution in [-0.4, -0.2) is 62.9 Å². The van der Waals surface area contributed by atoms with E-state index in [9.17, 15) is 24.0 Å². The smallest absolute Gasteiger partial charge is 0.328 e. The molecular weight excluding hydrogens is 466 g/mol. The summed E-state index contributed by atoms with van der Waals surface area (Å²) in [6.07, 6.45) is -0.276. The number of anilines is 2. The highest BCUT2D eigenvalue weighted by atomic mass is 16.4. The maximum Gasteiger partial charge on any atom is 0.328 e. The summed E-state index contributed by atoms with van der Waals surface area (Å²) in [4.78, 5) is 63.6.